The topological polar surface area (TPSA) is 122 Å². The van der Waals surface area contributed by atoms with Crippen LogP contribution in [-0.4, -0.2) is 34.6 Å². The Bertz CT molecular complexity index is 1470. The van der Waals surface area contributed by atoms with Crippen LogP contribution in [0.2, 0.25) is 0 Å². The second-order valence-electron chi connectivity index (χ2n) is 9.27. The molecule has 4 rings (SSSR count). The molecule has 0 fully saturated rings. The van der Waals surface area contributed by atoms with Crippen molar-refractivity contribution in [2.45, 2.75) is 58.4 Å². The first kappa shape index (κ1) is 26.0. The minimum atomic E-state index is -1.13. The lowest BCUT2D eigenvalue weighted by atomic mass is 10.0. The largest absolute Gasteiger partial charge is 0.484 e. The van der Waals surface area contributed by atoms with Gasteiger partial charge in [0.25, 0.3) is 5.91 Å². The third-order valence-electron chi connectivity index (χ3n) is 6.64. The molecule has 37 heavy (non-hydrogen) atoms. The van der Waals surface area contributed by atoms with Gasteiger partial charge in [-0.05, 0) is 49.1 Å². The number of benzene rings is 2. The molecule has 1 unspecified atom stereocenters. The number of ether oxygens (including phenoxy) is 1. The molecule has 2 aromatic carbocycles. The van der Waals surface area contributed by atoms with Crippen molar-refractivity contribution in [3.05, 3.63) is 75.8 Å². The average Bonchev–Trinajstić information content (AvgIpc) is 3.29. The SMILES string of the molecule is CCCCCCc1c(C)c2ccc(OCC(=O)NC(Cc3c[nH]c4ccccc34)C(=O)O)cc2oc1=O. The number of unbranched alkanes of at least 4 members (excludes halogenated alkanes) is 3. The van der Waals surface area contributed by atoms with Gasteiger partial charge in [0.15, 0.2) is 6.61 Å². The van der Waals surface area contributed by atoms with Gasteiger partial charge >= 0.3 is 11.6 Å². The standard InChI is InChI=1S/C29H32N2O6/c1-3-4-5-6-9-22-18(2)21-13-12-20(15-26(21)37-29(22)35)36-17-27(32)31-25(28(33)34)14-19-16-30-24-11-8-7-10-23(19)24/h7-8,10-13,15-16,25,30H,3-6,9,14,17H2,1-2H3,(H,31,32)(H,33,34). The molecule has 194 valence electrons. The Morgan fingerprint density at radius 1 is 1.11 bits per heavy atom. The van der Waals surface area contributed by atoms with Crippen molar-refractivity contribution in [1.82, 2.24) is 10.3 Å². The van der Waals surface area contributed by atoms with E-state index in [1.807, 2.05) is 37.3 Å². The van der Waals surface area contributed by atoms with Crippen molar-refractivity contribution in [2.75, 3.05) is 6.61 Å². The number of H-pyrrole nitrogens is 1. The molecule has 8 heteroatoms. The molecular formula is C29H32N2O6. The number of carbonyl (C=O) groups excluding carboxylic acids is 1. The lowest BCUT2D eigenvalue weighted by Crippen LogP contribution is -2.44. The summed E-state index contributed by atoms with van der Waals surface area (Å²) in [5, 5.41) is 13.9. The van der Waals surface area contributed by atoms with E-state index in [2.05, 4.69) is 17.2 Å². The Balaban J connectivity index is 1.39. The molecule has 0 saturated carbocycles. The number of hydrogen-bond acceptors (Lipinski definition) is 5. The maximum Gasteiger partial charge on any atom is 0.339 e. The highest BCUT2D eigenvalue weighted by Gasteiger charge is 2.22. The van der Waals surface area contributed by atoms with Gasteiger partial charge in [0.1, 0.15) is 17.4 Å². The fourth-order valence-electron chi connectivity index (χ4n) is 4.59. The summed E-state index contributed by atoms with van der Waals surface area (Å²) in [7, 11) is 0. The van der Waals surface area contributed by atoms with E-state index in [9.17, 15) is 19.5 Å². The minimum Gasteiger partial charge on any atom is -0.484 e. The normalized spacial score (nSPS) is 12.1. The van der Waals surface area contributed by atoms with Gasteiger partial charge < -0.3 is 24.6 Å². The van der Waals surface area contributed by atoms with E-state index in [1.54, 1.807) is 18.3 Å². The smallest absolute Gasteiger partial charge is 0.339 e. The summed E-state index contributed by atoms with van der Waals surface area (Å²) in [6, 6.07) is 11.6. The summed E-state index contributed by atoms with van der Waals surface area (Å²) in [6.07, 6.45) is 6.87. The van der Waals surface area contributed by atoms with Crippen molar-refractivity contribution in [3.8, 4) is 5.75 Å². The second-order valence-corrected chi connectivity index (χ2v) is 9.27. The van der Waals surface area contributed by atoms with Gasteiger partial charge in [-0.3, -0.25) is 4.79 Å². The molecule has 2 heterocycles. The zero-order valence-corrected chi connectivity index (χ0v) is 21.1. The molecule has 4 aromatic rings. The number of hydrogen-bond donors (Lipinski definition) is 3. The van der Waals surface area contributed by atoms with E-state index >= 15 is 0 Å². The van der Waals surface area contributed by atoms with Gasteiger partial charge in [-0.1, -0.05) is 44.4 Å². The number of aliphatic carboxylic acids is 1. The number of carbonyl (C=O) groups is 2. The van der Waals surface area contributed by atoms with E-state index in [-0.39, 0.29) is 18.7 Å². The molecule has 0 aliphatic rings. The van der Waals surface area contributed by atoms with E-state index in [4.69, 9.17) is 9.15 Å². The minimum absolute atomic E-state index is 0.131. The zero-order chi connectivity index (χ0) is 26.4. The Morgan fingerprint density at radius 3 is 2.70 bits per heavy atom. The van der Waals surface area contributed by atoms with Crippen LogP contribution < -0.4 is 15.7 Å². The average molecular weight is 505 g/mol. The van der Waals surface area contributed by atoms with Crippen LogP contribution in [0.4, 0.5) is 0 Å². The molecule has 1 atom stereocenters. The van der Waals surface area contributed by atoms with Gasteiger partial charge in [-0.2, -0.15) is 0 Å². The number of fused-ring (bicyclic) bond motifs is 2. The maximum absolute atomic E-state index is 12.6. The number of carboxylic acid groups (broad SMARTS) is 1. The monoisotopic (exact) mass is 504 g/mol. The molecule has 0 saturated heterocycles. The third kappa shape index (κ3) is 6.20. The molecule has 8 nitrogen and oxygen atoms in total. The van der Waals surface area contributed by atoms with Gasteiger partial charge in [0, 0.05) is 40.5 Å². The van der Waals surface area contributed by atoms with Crippen LogP contribution in [0.15, 0.2) is 57.9 Å². The highest BCUT2D eigenvalue weighted by Crippen LogP contribution is 2.25. The number of para-hydroxylation sites is 1. The molecule has 1 amide bonds. The predicted octanol–water partition coefficient (Wildman–Crippen LogP) is 4.90. The van der Waals surface area contributed by atoms with E-state index in [1.165, 1.54) is 0 Å². The molecule has 0 aliphatic heterocycles. The fraction of sp³-hybridized carbons (Fsp3) is 0.345. The van der Waals surface area contributed by atoms with Gasteiger partial charge in [0.05, 0.1) is 0 Å². The first-order valence-corrected chi connectivity index (χ1v) is 12.6. The van der Waals surface area contributed by atoms with Crippen LogP contribution in [0.3, 0.4) is 0 Å². The predicted molar refractivity (Wildman–Crippen MR) is 142 cm³/mol. The lowest BCUT2D eigenvalue weighted by molar-refractivity contribution is -0.142. The molecule has 0 radical (unpaired) electrons. The molecular weight excluding hydrogens is 472 g/mol. The number of amides is 1. The Morgan fingerprint density at radius 2 is 1.92 bits per heavy atom. The van der Waals surface area contributed by atoms with Crippen molar-refractivity contribution in [3.63, 3.8) is 0 Å². The van der Waals surface area contributed by atoms with Gasteiger partial charge in [-0.15, -0.1) is 0 Å². The maximum atomic E-state index is 12.6. The second kappa shape index (κ2) is 11.8. The van der Waals surface area contributed by atoms with Crippen LogP contribution in [0.25, 0.3) is 21.9 Å². The Hall–Kier alpha value is -4.07. The van der Waals surface area contributed by atoms with Crippen LogP contribution in [0.5, 0.6) is 5.75 Å². The van der Waals surface area contributed by atoms with Crippen LogP contribution in [0, 0.1) is 6.92 Å². The highest BCUT2D eigenvalue weighted by atomic mass is 16.5. The van der Waals surface area contributed by atoms with Crippen LogP contribution in [-0.2, 0) is 22.4 Å². The number of aromatic amines is 1. The summed E-state index contributed by atoms with van der Waals surface area (Å²) >= 11 is 0. The molecule has 0 bridgehead atoms. The van der Waals surface area contributed by atoms with Gasteiger partial charge in [0.2, 0.25) is 0 Å². The first-order valence-electron chi connectivity index (χ1n) is 12.6. The third-order valence-corrected chi connectivity index (χ3v) is 6.64. The first-order chi connectivity index (χ1) is 17.9. The summed E-state index contributed by atoms with van der Waals surface area (Å²) in [6.45, 7) is 3.69. The van der Waals surface area contributed by atoms with E-state index in [0.29, 0.717) is 23.3 Å². The van der Waals surface area contributed by atoms with Gasteiger partial charge in [-0.25, -0.2) is 9.59 Å². The van der Waals surface area contributed by atoms with Crippen molar-refractivity contribution in [1.29, 1.82) is 0 Å². The zero-order valence-electron chi connectivity index (χ0n) is 21.1. The molecule has 2 aromatic heterocycles. The lowest BCUT2D eigenvalue weighted by Gasteiger charge is -2.15. The van der Waals surface area contributed by atoms with Crippen LogP contribution in [0.1, 0.15) is 49.3 Å². The number of carboxylic acids is 1. The summed E-state index contributed by atoms with van der Waals surface area (Å²) < 4.78 is 11.1. The number of rotatable bonds is 12. The quantitative estimate of drug-likeness (QED) is 0.186. The molecule has 0 aliphatic carbocycles. The number of nitrogens with one attached hydrogen (secondary N) is 2. The molecule has 0 spiro atoms. The van der Waals surface area contributed by atoms with E-state index < -0.39 is 17.9 Å². The fourth-order valence-corrected chi connectivity index (χ4v) is 4.59. The summed E-state index contributed by atoms with van der Waals surface area (Å²) in [5.41, 5.74) is 3.34. The summed E-state index contributed by atoms with van der Waals surface area (Å²) in [5.74, 6) is -1.34. The summed E-state index contributed by atoms with van der Waals surface area (Å²) in [4.78, 5) is 40.0. The van der Waals surface area contributed by atoms with Crippen molar-refractivity contribution in [2.24, 2.45) is 0 Å². The number of aromatic nitrogens is 1. The highest BCUT2D eigenvalue weighted by molar-refractivity contribution is 5.87. The number of aryl methyl sites for hydroxylation is 1. The van der Waals surface area contributed by atoms with Crippen LogP contribution >= 0.6 is 0 Å². The van der Waals surface area contributed by atoms with E-state index in [0.717, 1.165) is 53.1 Å². The van der Waals surface area contributed by atoms with Crippen molar-refractivity contribution >= 4 is 33.7 Å². The Labute approximate surface area is 214 Å². The molecule has 3 N–H and O–H groups in total. The van der Waals surface area contributed by atoms with Crippen molar-refractivity contribution < 1.29 is 23.8 Å². The Kier molecular flexibility index (Phi) is 8.28.